The van der Waals surface area contributed by atoms with Crippen molar-refractivity contribution in [3.63, 3.8) is 0 Å². The van der Waals surface area contributed by atoms with Crippen molar-refractivity contribution in [1.29, 1.82) is 5.26 Å². The number of nitriles is 1. The van der Waals surface area contributed by atoms with Crippen LogP contribution in [0.15, 0.2) is 54.6 Å². The van der Waals surface area contributed by atoms with Gasteiger partial charge in [0.15, 0.2) is 0 Å². The van der Waals surface area contributed by atoms with Gasteiger partial charge < -0.3 is 10.1 Å². The van der Waals surface area contributed by atoms with Crippen molar-refractivity contribution in [2.45, 2.75) is 13.0 Å². The van der Waals surface area contributed by atoms with Crippen molar-refractivity contribution in [3.8, 4) is 11.8 Å². The maximum Gasteiger partial charge on any atom is 0.140 e. The summed E-state index contributed by atoms with van der Waals surface area (Å²) in [4.78, 5) is 0. The van der Waals surface area contributed by atoms with Crippen LogP contribution in [0.5, 0.6) is 5.75 Å². The number of anilines is 1. The van der Waals surface area contributed by atoms with Crippen molar-refractivity contribution in [2.24, 2.45) is 0 Å². The molecule has 3 heteroatoms. The molecule has 0 bridgehead atoms. The van der Waals surface area contributed by atoms with Gasteiger partial charge >= 0.3 is 0 Å². The molecule has 19 heavy (non-hydrogen) atoms. The summed E-state index contributed by atoms with van der Waals surface area (Å²) < 4.78 is 5.38. The zero-order valence-corrected chi connectivity index (χ0v) is 10.8. The predicted octanol–water partition coefficient (Wildman–Crippen LogP) is 3.76. The van der Waals surface area contributed by atoms with Gasteiger partial charge in [-0.05, 0) is 36.8 Å². The van der Waals surface area contributed by atoms with E-state index in [0.29, 0.717) is 6.61 Å². The fraction of sp³-hybridized carbons (Fsp3) is 0.188. The highest BCUT2D eigenvalue weighted by Crippen LogP contribution is 2.21. The van der Waals surface area contributed by atoms with Crippen molar-refractivity contribution < 1.29 is 4.74 Å². The summed E-state index contributed by atoms with van der Waals surface area (Å²) in [6, 6.07) is 19.2. The summed E-state index contributed by atoms with van der Waals surface area (Å²) in [6.07, 6.45) is 0. The molecule has 96 valence electrons. The summed E-state index contributed by atoms with van der Waals surface area (Å²) in [5, 5.41) is 12.4. The Hall–Kier alpha value is -2.47. The molecule has 1 atom stereocenters. The third-order valence-electron chi connectivity index (χ3n) is 2.74. The first-order chi connectivity index (χ1) is 9.33. The normalized spacial score (nSPS) is 11.4. The SMILES string of the molecule is CCOc1ccc(NC(C#N)c2ccccc2)cc1. The Kier molecular flexibility index (Phi) is 4.41. The van der Waals surface area contributed by atoms with Crippen molar-refractivity contribution in [2.75, 3.05) is 11.9 Å². The smallest absolute Gasteiger partial charge is 0.140 e. The van der Waals surface area contributed by atoms with Crippen LogP contribution in [0, 0.1) is 11.3 Å². The zero-order valence-electron chi connectivity index (χ0n) is 10.8. The molecule has 0 radical (unpaired) electrons. The van der Waals surface area contributed by atoms with E-state index in [0.717, 1.165) is 17.0 Å². The molecule has 0 aromatic heterocycles. The molecule has 1 N–H and O–H groups in total. The van der Waals surface area contributed by atoms with Crippen molar-refractivity contribution >= 4 is 5.69 Å². The Morgan fingerprint density at radius 2 is 1.79 bits per heavy atom. The molecule has 3 nitrogen and oxygen atoms in total. The molecular weight excluding hydrogens is 236 g/mol. The van der Waals surface area contributed by atoms with Gasteiger partial charge in [-0.1, -0.05) is 30.3 Å². The van der Waals surface area contributed by atoms with E-state index >= 15 is 0 Å². The van der Waals surface area contributed by atoms with Crippen LogP contribution in [0.4, 0.5) is 5.69 Å². The standard InChI is InChI=1S/C16H16N2O/c1-2-19-15-10-8-14(9-11-15)18-16(12-17)13-6-4-3-5-7-13/h3-11,16,18H,2H2,1H3. The molecular formula is C16H16N2O. The van der Waals surface area contributed by atoms with E-state index in [1.165, 1.54) is 0 Å². The van der Waals surface area contributed by atoms with Crippen LogP contribution in [-0.2, 0) is 0 Å². The summed E-state index contributed by atoms with van der Waals surface area (Å²) in [5.41, 5.74) is 1.86. The highest BCUT2D eigenvalue weighted by Gasteiger charge is 2.09. The Balaban J connectivity index is 2.09. The third-order valence-corrected chi connectivity index (χ3v) is 2.74. The lowest BCUT2D eigenvalue weighted by Gasteiger charge is -2.13. The number of nitrogens with one attached hydrogen (secondary N) is 1. The lowest BCUT2D eigenvalue weighted by molar-refractivity contribution is 0.340. The van der Waals surface area contributed by atoms with E-state index < -0.39 is 0 Å². The van der Waals surface area contributed by atoms with Gasteiger partial charge in [0.1, 0.15) is 11.8 Å². The van der Waals surface area contributed by atoms with Gasteiger partial charge in [-0.15, -0.1) is 0 Å². The first-order valence-electron chi connectivity index (χ1n) is 6.27. The van der Waals surface area contributed by atoms with Gasteiger partial charge in [-0.2, -0.15) is 5.26 Å². The second kappa shape index (κ2) is 6.46. The predicted molar refractivity (Wildman–Crippen MR) is 76.0 cm³/mol. The average molecular weight is 252 g/mol. The van der Waals surface area contributed by atoms with Crippen molar-refractivity contribution in [3.05, 3.63) is 60.2 Å². The summed E-state index contributed by atoms with van der Waals surface area (Å²) in [6.45, 7) is 2.60. The molecule has 2 aromatic carbocycles. The highest BCUT2D eigenvalue weighted by molar-refractivity contribution is 5.49. The molecule has 2 rings (SSSR count). The maximum atomic E-state index is 9.24. The van der Waals surface area contributed by atoms with Crippen LogP contribution in [-0.4, -0.2) is 6.61 Å². The number of hydrogen-bond donors (Lipinski definition) is 1. The molecule has 0 saturated heterocycles. The fourth-order valence-corrected chi connectivity index (χ4v) is 1.82. The number of rotatable bonds is 5. The molecule has 2 aromatic rings. The highest BCUT2D eigenvalue weighted by atomic mass is 16.5. The van der Waals surface area contributed by atoms with E-state index in [9.17, 15) is 5.26 Å². The summed E-state index contributed by atoms with van der Waals surface area (Å²) >= 11 is 0. The summed E-state index contributed by atoms with van der Waals surface area (Å²) in [7, 11) is 0. The lowest BCUT2D eigenvalue weighted by Crippen LogP contribution is -2.08. The van der Waals surface area contributed by atoms with Crippen LogP contribution in [0.3, 0.4) is 0 Å². The fourth-order valence-electron chi connectivity index (χ4n) is 1.82. The topological polar surface area (TPSA) is 45.0 Å². The zero-order chi connectivity index (χ0) is 13.5. The average Bonchev–Trinajstić information content (AvgIpc) is 2.48. The van der Waals surface area contributed by atoms with E-state index in [1.54, 1.807) is 0 Å². The van der Waals surface area contributed by atoms with Gasteiger partial charge in [0.25, 0.3) is 0 Å². The molecule has 0 aliphatic carbocycles. The molecule has 0 heterocycles. The van der Waals surface area contributed by atoms with Crippen LogP contribution in [0.1, 0.15) is 18.5 Å². The van der Waals surface area contributed by atoms with E-state index in [-0.39, 0.29) is 6.04 Å². The quantitative estimate of drug-likeness (QED) is 0.881. The minimum absolute atomic E-state index is 0.348. The number of hydrogen-bond acceptors (Lipinski definition) is 3. The Morgan fingerprint density at radius 1 is 1.11 bits per heavy atom. The summed E-state index contributed by atoms with van der Waals surface area (Å²) in [5.74, 6) is 0.835. The Bertz CT molecular complexity index is 543. The number of benzene rings is 2. The maximum absolute atomic E-state index is 9.24. The van der Waals surface area contributed by atoms with Gasteiger partial charge in [0.2, 0.25) is 0 Å². The minimum Gasteiger partial charge on any atom is -0.494 e. The molecule has 0 fully saturated rings. The Labute approximate surface area is 113 Å². The first-order valence-corrected chi connectivity index (χ1v) is 6.27. The molecule has 0 amide bonds. The molecule has 0 aliphatic heterocycles. The van der Waals surface area contributed by atoms with Gasteiger partial charge in [-0.25, -0.2) is 0 Å². The van der Waals surface area contributed by atoms with Crippen LogP contribution < -0.4 is 10.1 Å². The van der Waals surface area contributed by atoms with Gasteiger partial charge in [-0.3, -0.25) is 0 Å². The monoisotopic (exact) mass is 252 g/mol. The van der Waals surface area contributed by atoms with Gasteiger partial charge in [0.05, 0.1) is 12.7 Å². The number of ether oxygens (including phenoxy) is 1. The van der Waals surface area contributed by atoms with E-state index in [2.05, 4.69) is 11.4 Å². The minimum atomic E-state index is -0.348. The van der Waals surface area contributed by atoms with Crippen LogP contribution in [0.2, 0.25) is 0 Å². The first kappa shape index (κ1) is 13.0. The van der Waals surface area contributed by atoms with Crippen LogP contribution in [0.25, 0.3) is 0 Å². The molecule has 1 unspecified atom stereocenters. The van der Waals surface area contributed by atoms with Gasteiger partial charge in [0, 0.05) is 5.69 Å². The largest absolute Gasteiger partial charge is 0.494 e. The number of nitrogens with zero attached hydrogens (tertiary/aromatic N) is 1. The second-order valence-corrected chi connectivity index (χ2v) is 4.07. The Morgan fingerprint density at radius 3 is 2.37 bits per heavy atom. The van der Waals surface area contributed by atoms with Crippen LogP contribution >= 0.6 is 0 Å². The lowest BCUT2D eigenvalue weighted by atomic mass is 10.1. The van der Waals surface area contributed by atoms with E-state index in [1.807, 2.05) is 61.5 Å². The second-order valence-electron chi connectivity index (χ2n) is 4.07. The molecule has 0 aliphatic rings. The van der Waals surface area contributed by atoms with Crippen molar-refractivity contribution in [1.82, 2.24) is 0 Å². The third kappa shape index (κ3) is 3.49. The van der Waals surface area contributed by atoms with E-state index in [4.69, 9.17) is 4.74 Å². The molecule has 0 saturated carbocycles. The molecule has 0 spiro atoms.